The Balaban J connectivity index is 0.000000307. The van der Waals surface area contributed by atoms with Gasteiger partial charge in [-0.15, -0.1) is 0 Å². The van der Waals surface area contributed by atoms with Crippen LogP contribution in [0.15, 0.2) is 106 Å². The Morgan fingerprint density at radius 1 is 0.600 bits per heavy atom. The fourth-order valence-corrected chi connectivity index (χ4v) is 9.61. The minimum atomic E-state index is -3.72. The monoisotopic (exact) mass is 514 g/mol. The molecule has 0 aromatic heterocycles. The first-order chi connectivity index (χ1) is 16.6. The molecule has 0 atom stereocenters. The molecule has 1 N–H and O–H groups in total. The van der Waals surface area contributed by atoms with Gasteiger partial charge in [-0.1, -0.05) is 114 Å². The van der Waals surface area contributed by atoms with Gasteiger partial charge in [0.2, 0.25) is 0 Å². The van der Waals surface area contributed by atoms with Gasteiger partial charge in [0.25, 0.3) is 10.1 Å². The Morgan fingerprint density at radius 3 is 1.26 bits per heavy atom. The molecule has 0 radical (unpaired) electrons. The van der Waals surface area contributed by atoms with E-state index in [2.05, 4.69) is 119 Å². The molecule has 3 aromatic rings. The van der Waals surface area contributed by atoms with Crippen LogP contribution < -0.4 is 0 Å². The van der Waals surface area contributed by atoms with Crippen LogP contribution in [0.5, 0.6) is 0 Å². The smallest absolute Gasteiger partial charge is 0.264 e. The second-order valence-corrected chi connectivity index (χ2v) is 15.2. The number of hydrogen-bond donors (Lipinski definition) is 1. The summed E-state index contributed by atoms with van der Waals surface area (Å²) in [5.41, 5.74) is 0. The molecule has 192 valence electrons. The van der Waals surface area contributed by atoms with Crippen LogP contribution >= 0.6 is 10.0 Å². The van der Waals surface area contributed by atoms with Gasteiger partial charge in [0.15, 0.2) is 0 Å². The Kier molecular flexibility index (Phi) is 11.5. The van der Waals surface area contributed by atoms with Gasteiger partial charge in [-0.05, 0) is 57.5 Å². The average molecular weight is 515 g/mol. The minimum Gasteiger partial charge on any atom is -0.286 e. The predicted octanol–water partition coefficient (Wildman–Crippen LogP) is 9.00. The van der Waals surface area contributed by atoms with Crippen molar-refractivity contribution in [2.24, 2.45) is 0 Å². The molecule has 5 heteroatoms. The number of rotatable bonds is 10. The van der Waals surface area contributed by atoms with E-state index < -0.39 is 20.1 Å². The van der Waals surface area contributed by atoms with Gasteiger partial charge in [0.1, 0.15) is 0 Å². The molecule has 0 unspecified atom stereocenters. The SMILES string of the molecule is CC(C)(C)S(c1ccccc1)(c1ccccc1)c1ccccc1.CCCCCCCCS(=O)(=O)O. The van der Waals surface area contributed by atoms with Crippen LogP contribution in [0.25, 0.3) is 0 Å². The summed E-state index contributed by atoms with van der Waals surface area (Å²) in [5.74, 6) is -0.0842. The zero-order valence-corrected chi connectivity index (χ0v) is 23.3. The van der Waals surface area contributed by atoms with Crippen LogP contribution in [0.1, 0.15) is 66.2 Å². The highest BCUT2D eigenvalue weighted by atomic mass is 32.3. The average Bonchev–Trinajstić information content (AvgIpc) is 2.83. The molecule has 0 saturated carbocycles. The second-order valence-electron chi connectivity index (χ2n) is 9.72. The van der Waals surface area contributed by atoms with Crippen molar-refractivity contribution in [3.63, 3.8) is 0 Å². The van der Waals surface area contributed by atoms with Crippen molar-refractivity contribution in [2.75, 3.05) is 5.75 Å². The molecule has 3 rings (SSSR count). The normalized spacial score (nSPS) is 12.5. The van der Waals surface area contributed by atoms with Crippen LogP contribution in [-0.4, -0.2) is 23.5 Å². The largest absolute Gasteiger partial charge is 0.286 e. The lowest BCUT2D eigenvalue weighted by atomic mass is 10.1. The van der Waals surface area contributed by atoms with Crippen molar-refractivity contribution in [1.82, 2.24) is 0 Å². The molecule has 3 aromatic carbocycles. The Labute approximate surface area is 215 Å². The van der Waals surface area contributed by atoms with Gasteiger partial charge >= 0.3 is 0 Å². The third kappa shape index (κ3) is 8.52. The number of hydrogen-bond acceptors (Lipinski definition) is 2. The van der Waals surface area contributed by atoms with E-state index in [0.29, 0.717) is 6.42 Å². The van der Waals surface area contributed by atoms with E-state index in [1.54, 1.807) is 0 Å². The van der Waals surface area contributed by atoms with E-state index in [1.165, 1.54) is 33.9 Å². The minimum absolute atomic E-state index is 0.0842. The lowest BCUT2D eigenvalue weighted by Gasteiger charge is -2.51. The van der Waals surface area contributed by atoms with Crippen molar-refractivity contribution < 1.29 is 13.0 Å². The van der Waals surface area contributed by atoms with E-state index in [-0.39, 0.29) is 10.5 Å². The highest BCUT2D eigenvalue weighted by Crippen LogP contribution is 2.75. The zero-order chi connectivity index (χ0) is 25.8. The summed E-state index contributed by atoms with van der Waals surface area (Å²) < 4.78 is 29.1. The molecule has 0 amide bonds. The molecule has 0 aliphatic heterocycles. The number of unbranched alkanes of at least 4 members (excludes halogenated alkanes) is 5. The topological polar surface area (TPSA) is 54.4 Å². The van der Waals surface area contributed by atoms with E-state index in [9.17, 15) is 8.42 Å². The second kappa shape index (κ2) is 13.9. The van der Waals surface area contributed by atoms with E-state index in [0.717, 1.165) is 12.8 Å². The first-order valence-corrected chi connectivity index (χ1v) is 15.8. The van der Waals surface area contributed by atoms with Crippen molar-refractivity contribution in [3.8, 4) is 0 Å². The van der Waals surface area contributed by atoms with Gasteiger partial charge in [-0.2, -0.15) is 18.4 Å². The zero-order valence-electron chi connectivity index (χ0n) is 21.7. The van der Waals surface area contributed by atoms with Crippen LogP contribution in [0.2, 0.25) is 0 Å². The quantitative estimate of drug-likeness (QED) is 0.217. The lowest BCUT2D eigenvalue weighted by Crippen LogP contribution is -2.26. The summed E-state index contributed by atoms with van der Waals surface area (Å²) in [6.45, 7) is 9.25. The Morgan fingerprint density at radius 2 is 0.943 bits per heavy atom. The van der Waals surface area contributed by atoms with E-state index in [4.69, 9.17) is 4.55 Å². The highest BCUT2D eigenvalue weighted by Gasteiger charge is 2.41. The maximum absolute atomic E-state index is 10.3. The van der Waals surface area contributed by atoms with Crippen molar-refractivity contribution in [2.45, 2.75) is 85.7 Å². The third-order valence-electron chi connectivity index (χ3n) is 5.96. The molecular weight excluding hydrogens is 472 g/mol. The van der Waals surface area contributed by atoms with Crippen LogP contribution in [0.4, 0.5) is 0 Å². The molecule has 3 nitrogen and oxygen atoms in total. The van der Waals surface area contributed by atoms with E-state index in [1.807, 2.05) is 0 Å². The van der Waals surface area contributed by atoms with Gasteiger partial charge in [0.05, 0.1) is 5.75 Å². The fourth-order valence-electron chi connectivity index (χ4n) is 4.41. The lowest BCUT2D eigenvalue weighted by molar-refractivity contribution is 0.478. The highest BCUT2D eigenvalue weighted by molar-refractivity contribution is 8.34. The molecule has 0 spiro atoms. The first kappa shape index (κ1) is 29.2. The van der Waals surface area contributed by atoms with Crippen LogP contribution in [0, 0.1) is 0 Å². The summed E-state index contributed by atoms with van der Waals surface area (Å²) in [6, 6.07) is 33.0. The van der Waals surface area contributed by atoms with Crippen molar-refractivity contribution in [1.29, 1.82) is 0 Å². The fraction of sp³-hybridized carbons (Fsp3) is 0.400. The van der Waals surface area contributed by atoms with Crippen molar-refractivity contribution in [3.05, 3.63) is 91.0 Å². The Bertz CT molecular complexity index is 978. The van der Waals surface area contributed by atoms with E-state index >= 15 is 0 Å². The third-order valence-corrected chi connectivity index (χ3v) is 11.5. The molecule has 0 fully saturated rings. The maximum Gasteiger partial charge on any atom is 0.264 e. The first-order valence-electron chi connectivity index (χ1n) is 12.6. The number of benzene rings is 3. The van der Waals surface area contributed by atoms with Gasteiger partial charge in [-0.3, -0.25) is 4.55 Å². The molecule has 35 heavy (non-hydrogen) atoms. The maximum atomic E-state index is 10.3. The summed E-state index contributed by atoms with van der Waals surface area (Å²) in [7, 11) is -5.07. The molecular formula is C30H42O3S2. The summed E-state index contributed by atoms with van der Waals surface area (Å²) in [6.07, 6.45) is 6.14. The molecule has 0 aliphatic rings. The van der Waals surface area contributed by atoms with Gasteiger partial charge < -0.3 is 0 Å². The van der Waals surface area contributed by atoms with Crippen molar-refractivity contribution >= 4 is 20.1 Å². The summed E-state index contributed by atoms with van der Waals surface area (Å²) in [4.78, 5) is 4.26. The molecule has 0 bridgehead atoms. The van der Waals surface area contributed by atoms with Gasteiger partial charge in [-0.25, -0.2) is 0 Å². The molecule has 0 heterocycles. The predicted molar refractivity (Wildman–Crippen MR) is 151 cm³/mol. The standard InChI is InChI=1S/C22H24S.C8H18O3S/c1-22(2,3)23(19-13-7-4-8-14-19,20-15-9-5-10-16-20)21-17-11-6-12-18-21;1-2-3-4-5-6-7-8-12(9,10)11/h4-18H,1-3H3;2-8H2,1H3,(H,9,10,11). The molecule has 0 saturated heterocycles. The van der Waals surface area contributed by atoms with Crippen LogP contribution in [-0.2, 0) is 10.1 Å². The summed E-state index contributed by atoms with van der Waals surface area (Å²) in [5, 5.41) is 0. The molecule has 0 aliphatic carbocycles. The van der Waals surface area contributed by atoms with Gasteiger partial charge in [0, 0.05) is 4.75 Å². The summed E-state index contributed by atoms with van der Waals surface area (Å²) >= 11 is 0. The van der Waals surface area contributed by atoms with Crippen LogP contribution in [0.3, 0.4) is 0 Å². The Hall–Kier alpha value is -2.08.